The van der Waals surface area contributed by atoms with E-state index in [0.717, 1.165) is 0 Å². The lowest BCUT2D eigenvalue weighted by molar-refractivity contribution is 0.147. The minimum absolute atomic E-state index is 0.201. The molecule has 0 fully saturated rings. The minimum atomic E-state index is -4.35. The second-order valence-corrected chi connectivity index (χ2v) is 6.14. The summed E-state index contributed by atoms with van der Waals surface area (Å²) in [6.45, 7) is 0. The first-order valence-electron chi connectivity index (χ1n) is 3.60. The molecule has 0 bridgehead atoms. The van der Waals surface area contributed by atoms with E-state index in [9.17, 15) is 17.2 Å². The highest BCUT2D eigenvalue weighted by Crippen LogP contribution is 2.32. The number of aromatic nitrogens is 1. The van der Waals surface area contributed by atoms with E-state index in [2.05, 4.69) is 4.98 Å². The van der Waals surface area contributed by atoms with Crippen molar-refractivity contribution < 1.29 is 17.2 Å². The van der Waals surface area contributed by atoms with Gasteiger partial charge in [-0.2, -0.15) is 5.26 Å². The van der Waals surface area contributed by atoms with Crippen LogP contribution in [0.3, 0.4) is 0 Å². The fraction of sp³-hybridized carbons (Fsp3) is 0.143. The van der Waals surface area contributed by atoms with Gasteiger partial charge in [0.25, 0.3) is 15.5 Å². The molecule has 0 amide bonds. The van der Waals surface area contributed by atoms with E-state index in [1.54, 1.807) is 6.07 Å². The zero-order valence-electron chi connectivity index (χ0n) is 7.29. The van der Waals surface area contributed by atoms with Crippen molar-refractivity contribution in [3.8, 4) is 6.07 Å². The van der Waals surface area contributed by atoms with Crippen LogP contribution in [0.25, 0.3) is 0 Å². The number of hydrogen-bond donors (Lipinski definition) is 0. The first-order valence-corrected chi connectivity index (χ1v) is 6.99. The Balaban J connectivity index is 3.72. The molecule has 1 aromatic rings. The Morgan fingerprint density at radius 1 is 1.56 bits per heavy atom. The number of alkyl halides is 2. The van der Waals surface area contributed by atoms with Crippen LogP contribution in [0.1, 0.15) is 17.7 Å². The summed E-state index contributed by atoms with van der Waals surface area (Å²) in [6, 6.07) is 1.59. The molecule has 0 saturated carbocycles. The van der Waals surface area contributed by atoms with Crippen LogP contribution in [0.2, 0.25) is 0 Å². The van der Waals surface area contributed by atoms with Crippen LogP contribution >= 0.6 is 33.3 Å². The van der Waals surface area contributed by atoms with Gasteiger partial charge in [0.1, 0.15) is 11.0 Å². The summed E-state index contributed by atoms with van der Waals surface area (Å²) in [6.07, 6.45) is -2.39. The van der Waals surface area contributed by atoms with Crippen LogP contribution in [-0.2, 0) is 9.05 Å². The van der Waals surface area contributed by atoms with Crippen molar-refractivity contribution in [1.29, 1.82) is 5.26 Å². The number of pyridine rings is 1. The molecule has 0 saturated heterocycles. The molecule has 86 valence electrons. The second kappa shape index (κ2) is 4.77. The maximum atomic E-state index is 12.5. The smallest absolute Gasteiger partial charge is 0.244 e. The van der Waals surface area contributed by atoms with Crippen LogP contribution in [0.15, 0.2) is 11.1 Å². The van der Waals surface area contributed by atoms with Crippen molar-refractivity contribution in [1.82, 2.24) is 4.98 Å². The molecule has 0 N–H and O–H groups in total. The number of nitrogens with zero attached hydrogens (tertiary/aromatic N) is 2. The molecule has 0 aliphatic heterocycles. The van der Waals surface area contributed by atoms with Crippen LogP contribution in [-0.4, -0.2) is 13.4 Å². The van der Waals surface area contributed by atoms with Gasteiger partial charge in [-0.05, 0) is 22.6 Å². The maximum Gasteiger partial charge on any atom is 0.266 e. The van der Waals surface area contributed by atoms with Crippen molar-refractivity contribution in [3.05, 3.63) is 21.0 Å². The van der Waals surface area contributed by atoms with Crippen LogP contribution in [0.4, 0.5) is 8.78 Å². The fourth-order valence-electron chi connectivity index (χ4n) is 0.965. The van der Waals surface area contributed by atoms with Gasteiger partial charge in [-0.3, -0.25) is 0 Å². The monoisotopic (exact) mass is 378 g/mol. The van der Waals surface area contributed by atoms with Gasteiger partial charge < -0.3 is 0 Å². The molecule has 16 heavy (non-hydrogen) atoms. The molecular formula is C7H2ClF2IN2O2S. The predicted molar refractivity (Wildman–Crippen MR) is 59.7 cm³/mol. The Hall–Kier alpha value is -0.530. The van der Waals surface area contributed by atoms with Crippen molar-refractivity contribution >= 4 is 42.3 Å². The molecular weight excluding hydrogens is 377 g/mol. The third-order valence-corrected chi connectivity index (χ3v) is 4.39. The van der Waals surface area contributed by atoms with Gasteiger partial charge in [-0.25, -0.2) is 22.2 Å². The summed E-state index contributed by atoms with van der Waals surface area (Å²) in [5.41, 5.74) is -1.07. The molecule has 0 atom stereocenters. The van der Waals surface area contributed by atoms with Gasteiger partial charge in [-0.15, -0.1) is 0 Å². The molecule has 0 unspecified atom stereocenters. The van der Waals surface area contributed by atoms with Gasteiger partial charge in [0.2, 0.25) is 0 Å². The highest BCUT2D eigenvalue weighted by Gasteiger charge is 2.27. The maximum absolute atomic E-state index is 12.5. The molecule has 0 radical (unpaired) electrons. The first kappa shape index (κ1) is 13.5. The fourth-order valence-corrected chi connectivity index (χ4v) is 4.03. The lowest BCUT2D eigenvalue weighted by atomic mass is 10.2. The average molecular weight is 379 g/mol. The number of hydrogen-bond acceptors (Lipinski definition) is 4. The van der Waals surface area contributed by atoms with Crippen molar-refractivity contribution in [2.45, 2.75) is 11.3 Å². The molecule has 0 aromatic carbocycles. The molecule has 1 aromatic heterocycles. The van der Waals surface area contributed by atoms with Gasteiger partial charge in [0.15, 0.2) is 5.69 Å². The summed E-state index contributed by atoms with van der Waals surface area (Å²) < 4.78 is 47.1. The second-order valence-electron chi connectivity index (χ2n) is 2.56. The molecule has 1 heterocycles. The topological polar surface area (TPSA) is 70.8 Å². The summed E-state index contributed by atoms with van der Waals surface area (Å²) in [4.78, 5) is 2.67. The van der Waals surface area contributed by atoms with E-state index in [1.165, 1.54) is 22.6 Å². The highest BCUT2D eigenvalue weighted by atomic mass is 127. The number of halogens is 4. The van der Waals surface area contributed by atoms with Crippen molar-refractivity contribution in [2.75, 3.05) is 0 Å². The van der Waals surface area contributed by atoms with Crippen molar-refractivity contribution in [2.24, 2.45) is 0 Å². The zero-order valence-corrected chi connectivity index (χ0v) is 11.0. The third-order valence-electron chi connectivity index (χ3n) is 1.59. The molecule has 1 rings (SSSR count). The molecule has 0 aliphatic rings. The Morgan fingerprint density at radius 2 is 2.12 bits per heavy atom. The lowest BCUT2D eigenvalue weighted by Crippen LogP contribution is -2.05. The Morgan fingerprint density at radius 3 is 2.50 bits per heavy atom. The van der Waals surface area contributed by atoms with Gasteiger partial charge in [0, 0.05) is 16.9 Å². The number of rotatable bonds is 2. The Labute approximate surface area is 108 Å². The van der Waals surface area contributed by atoms with Crippen LogP contribution < -0.4 is 0 Å². The van der Waals surface area contributed by atoms with Gasteiger partial charge >= 0.3 is 0 Å². The SMILES string of the molecule is N#Cc1ncc(C(F)F)c(S(=O)(=O)Cl)c1I. The summed E-state index contributed by atoms with van der Waals surface area (Å²) in [5, 5.41) is 8.60. The van der Waals surface area contributed by atoms with Gasteiger partial charge in [-0.1, -0.05) is 0 Å². The normalized spacial score (nSPS) is 11.5. The quantitative estimate of drug-likeness (QED) is 0.585. The van der Waals surface area contributed by atoms with Crippen LogP contribution in [0, 0.1) is 14.9 Å². The summed E-state index contributed by atoms with van der Waals surface area (Å²) in [7, 11) is 0.691. The first-order chi connectivity index (χ1) is 7.29. The summed E-state index contributed by atoms with van der Waals surface area (Å²) >= 11 is 1.44. The highest BCUT2D eigenvalue weighted by molar-refractivity contribution is 14.1. The van der Waals surface area contributed by atoms with Crippen LogP contribution in [0.5, 0.6) is 0 Å². The molecule has 9 heteroatoms. The van der Waals surface area contributed by atoms with Crippen molar-refractivity contribution in [3.63, 3.8) is 0 Å². The standard InChI is InChI=1S/C7H2ClF2IN2O2S/c8-16(14,15)6-3(7(9)10)2-13-4(1-12)5(6)11/h2,7H. The average Bonchev–Trinajstić information content (AvgIpc) is 2.14. The predicted octanol–water partition coefficient (Wildman–Crippen LogP) is 2.42. The molecule has 4 nitrogen and oxygen atoms in total. The summed E-state index contributed by atoms with van der Waals surface area (Å²) in [5.74, 6) is 0. The van der Waals surface area contributed by atoms with E-state index in [1.807, 2.05) is 0 Å². The van der Waals surface area contributed by atoms with Gasteiger partial charge in [0.05, 0.1) is 9.13 Å². The van der Waals surface area contributed by atoms with E-state index in [4.69, 9.17) is 15.9 Å². The van der Waals surface area contributed by atoms with E-state index < -0.39 is 25.9 Å². The Bertz CT molecular complexity index is 570. The minimum Gasteiger partial charge on any atom is -0.244 e. The molecule has 0 spiro atoms. The lowest BCUT2D eigenvalue weighted by Gasteiger charge is -2.08. The molecule has 0 aliphatic carbocycles. The van der Waals surface area contributed by atoms with E-state index in [0.29, 0.717) is 6.20 Å². The Kier molecular flexibility index (Phi) is 4.03. The van der Waals surface area contributed by atoms with E-state index in [-0.39, 0.29) is 9.26 Å². The largest absolute Gasteiger partial charge is 0.266 e. The zero-order chi connectivity index (χ0) is 12.5. The van der Waals surface area contributed by atoms with E-state index >= 15 is 0 Å². The number of nitriles is 1. The third kappa shape index (κ3) is 2.58.